The Balaban J connectivity index is 2.62. The van der Waals surface area contributed by atoms with Crippen molar-refractivity contribution in [2.45, 2.75) is 19.3 Å². The quantitative estimate of drug-likeness (QED) is 0.455. The van der Waals surface area contributed by atoms with E-state index in [1.807, 2.05) is 0 Å². The molecular formula is C5H12NOP. The summed E-state index contributed by atoms with van der Waals surface area (Å²) in [6.07, 6.45) is 4.02. The van der Waals surface area contributed by atoms with Crippen molar-refractivity contribution in [3.63, 3.8) is 0 Å². The molecule has 0 saturated heterocycles. The van der Waals surface area contributed by atoms with Crippen LogP contribution in [0.2, 0.25) is 0 Å². The maximum absolute atomic E-state index is 9.83. The van der Waals surface area contributed by atoms with E-state index in [0.717, 1.165) is 32.0 Å². The van der Waals surface area contributed by atoms with Gasteiger partial charge in [0.15, 0.2) is 8.46 Å². The molecule has 0 spiro atoms. The highest BCUT2D eigenvalue weighted by Crippen LogP contribution is 2.00. The van der Waals surface area contributed by atoms with Crippen molar-refractivity contribution in [2.75, 3.05) is 12.7 Å². The van der Waals surface area contributed by atoms with Gasteiger partial charge in [0.1, 0.15) is 0 Å². The van der Waals surface area contributed by atoms with Gasteiger partial charge in [-0.25, -0.2) is 0 Å². The molecule has 0 aliphatic heterocycles. The van der Waals surface area contributed by atoms with Crippen LogP contribution in [-0.2, 0) is 4.57 Å². The van der Waals surface area contributed by atoms with E-state index in [1.165, 1.54) is 0 Å². The molecule has 3 heteroatoms. The molecule has 0 heterocycles. The lowest BCUT2D eigenvalue weighted by Crippen LogP contribution is -1.97. The van der Waals surface area contributed by atoms with Crippen LogP contribution in [0.5, 0.6) is 0 Å². The maximum atomic E-state index is 9.83. The molecule has 0 unspecified atom stereocenters. The summed E-state index contributed by atoms with van der Waals surface area (Å²) < 4.78 is 9.83. The molecule has 0 aliphatic rings. The number of hydrogen-bond acceptors (Lipinski definition) is 2. The monoisotopic (exact) mass is 133 g/mol. The fourth-order valence-electron chi connectivity index (χ4n) is 0.497. The maximum Gasteiger partial charge on any atom is 0.155 e. The molecule has 0 atom stereocenters. The highest BCUT2D eigenvalue weighted by Gasteiger charge is 1.84. The molecule has 0 aromatic heterocycles. The molecule has 48 valence electrons. The van der Waals surface area contributed by atoms with Gasteiger partial charge in [0.25, 0.3) is 0 Å². The average molecular weight is 133 g/mol. The van der Waals surface area contributed by atoms with Crippen LogP contribution in [0.15, 0.2) is 0 Å². The van der Waals surface area contributed by atoms with E-state index >= 15 is 0 Å². The third kappa shape index (κ3) is 6.06. The Hall–Kier alpha value is 0.0600. The van der Waals surface area contributed by atoms with E-state index in [4.69, 9.17) is 5.73 Å². The zero-order valence-corrected chi connectivity index (χ0v) is 5.86. The molecular weight excluding hydrogens is 121 g/mol. The van der Waals surface area contributed by atoms with E-state index in [1.54, 1.807) is 0 Å². The van der Waals surface area contributed by atoms with Crippen LogP contribution in [0.1, 0.15) is 19.3 Å². The SMILES string of the molecule is NCCCCCP=O. The van der Waals surface area contributed by atoms with Crippen molar-refractivity contribution >= 4 is 8.46 Å². The van der Waals surface area contributed by atoms with Crippen molar-refractivity contribution in [2.24, 2.45) is 5.73 Å². The van der Waals surface area contributed by atoms with E-state index < -0.39 is 0 Å². The minimum absolute atomic E-state index is 0.270. The van der Waals surface area contributed by atoms with Gasteiger partial charge in [0.05, 0.1) is 0 Å². The van der Waals surface area contributed by atoms with Gasteiger partial charge in [-0.3, -0.25) is 4.57 Å². The predicted octanol–water partition coefficient (Wildman–Crippen LogP) is 1.41. The second-order valence-electron chi connectivity index (χ2n) is 1.70. The Kier molecular flexibility index (Phi) is 7.11. The average Bonchev–Trinajstić information content (AvgIpc) is 1.81. The minimum Gasteiger partial charge on any atom is -0.330 e. The molecule has 0 saturated carbocycles. The lowest BCUT2D eigenvalue weighted by molar-refractivity contribution is 0.595. The van der Waals surface area contributed by atoms with Crippen molar-refractivity contribution in [3.8, 4) is 0 Å². The summed E-state index contributed by atoms with van der Waals surface area (Å²) in [6, 6.07) is 0. The first kappa shape index (κ1) is 8.06. The third-order valence-electron chi connectivity index (χ3n) is 0.954. The van der Waals surface area contributed by atoms with Gasteiger partial charge in [-0.15, -0.1) is 0 Å². The molecule has 0 radical (unpaired) electrons. The summed E-state index contributed by atoms with van der Waals surface area (Å²) in [4.78, 5) is 0. The highest BCUT2D eigenvalue weighted by molar-refractivity contribution is 7.23. The largest absolute Gasteiger partial charge is 0.330 e. The summed E-state index contributed by atoms with van der Waals surface area (Å²) in [5.74, 6) is 0. The van der Waals surface area contributed by atoms with Crippen molar-refractivity contribution in [1.29, 1.82) is 0 Å². The molecule has 0 aromatic rings. The topological polar surface area (TPSA) is 43.1 Å². The zero-order valence-electron chi connectivity index (χ0n) is 4.97. The number of nitrogens with two attached hydrogens (primary N) is 1. The van der Waals surface area contributed by atoms with Gasteiger partial charge in [-0.2, -0.15) is 0 Å². The molecule has 0 fully saturated rings. The normalized spacial score (nSPS) is 10.1. The molecule has 8 heavy (non-hydrogen) atoms. The molecule has 0 rings (SSSR count). The Morgan fingerprint density at radius 2 is 2.00 bits per heavy atom. The Bertz CT molecular complexity index is 58.4. The lowest BCUT2D eigenvalue weighted by atomic mass is 10.2. The van der Waals surface area contributed by atoms with Crippen molar-refractivity contribution in [1.82, 2.24) is 0 Å². The predicted molar refractivity (Wildman–Crippen MR) is 35.4 cm³/mol. The Morgan fingerprint density at radius 1 is 1.25 bits per heavy atom. The van der Waals surface area contributed by atoms with Crippen LogP contribution in [0, 0.1) is 0 Å². The van der Waals surface area contributed by atoms with Gasteiger partial charge in [0, 0.05) is 6.16 Å². The summed E-state index contributed by atoms with van der Waals surface area (Å²) in [5.41, 5.74) is 5.23. The van der Waals surface area contributed by atoms with E-state index in [-0.39, 0.29) is 8.46 Å². The van der Waals surface area contributed by atoms with Gasteiger partial charge >= 0.3 is 0 Å². The van der Waals surface area contributed by atoms with Gasteiger partial charge in [-0.1, -0.05) is 6.42 Å². The van der Waals surface area contributed by atoms with Crippen LogP contribution in [0.25, 0.3) is 0 Å². The fraction of sp³-hybridized carbons (Fsp3) is 1.00. The van der Waals surface area contributed by atoms with E-state index in [0.29, 0.717) is 0 Å². The third-order valence-corrected chi connectivity index (χ3v) is 1.45. The second kappa shape index (κ2) is 7.06. The zero-order chi connectivity index (χ0) is 6.24. The highest BCUT2D eigenvalue weighted by atomic mass is 31.1. The van der Waals surface area contributed by atoms with Crippen LogP contribution in [-0.4, -0.2) is 12.7 Å². The van der Waals surface area contributed by atoms with Crippen molar-refractivity contribution < 1.29 is 4.57 Å². The molecule has 0 aromatic carbocycles. The van der Waals surface area contributed by atoms with Crippen LogP contribution in [0.3, 0.4) is 0 Å². The summed E-state index contributed by atoms with van der Waals surface area (Å²) >= 11 is 0. The number of rotatable bonds is 5. The summed E-state index contributed by atoms with van der Waals surface area (Å²) in [6.45, 7) is 0.760. The molecule has 0 aliphatic carbocycles. The first-order valence-electron chi connectivity index (χ1n) is 2.91. The summed E-state index contributed by atoms with van der Waals surface area (Å²) in [7, 11) is 0.270. The number of hydrogen-bond donors (Lipinski definition) is 1. The van der Waals surface area contributed by atoms with Crippen LogP contribution < -0.4 is 5.73 Å². The fourth-order valence-corrected chi connectivity index (χ4v) is 0.850. The Labute approximate surface area is 51.7 Å². The van der Waals surface area contributed by atoms with Crippen LogP contribution >= 0.6 is 8.46 Å². The van der Waals surface area contributed by atoms with Crippen molar-refractivity contribution in [3.05, 3.63) is 0 Å². The Morgan fingerprint density at radius 3 is 2.50 bits per heavy atom. The lowest BCUT2D eigenvalue weighted by Gasteiger charge is -1.90. The smallest absolute Gasteiger partial charge is 0.155 e. The molecule has 0 amide bonds. The standard InChI is InChI=1S/C5H12NOP/c6-4-2-1-3-5-8-7/h1-6H2. The van der Waals surface area contributed by atoms with Gasteiger partial charge in [-0.05, 0) is 19.4 Å². The second-order valence-corrected chi connectivity index (χ2v) is 2.41. The van der Waals surface area contributed by atoms with E-state index in [9.17, 15) is 4.57 Å². The molecule has 2 N–H and O–H groups in total. The van der Waals surface area contributed by atoms with Gasteiger partial charge < -0.3 is 5.73 Å². The first-order chi connectivity index (χ1) is 3.91. The van der Waals surface area contributed by atoms with E-state index in [2.05, 4.69) is 0 Å². The minimum atomic E-state index is 0.270. The first-order valence-corrected chi connectivity index (χ1v) is 3.90. The number of unbranched alkanes of at least 4 members (excludes halogenated alkanes) is 2. The van der Waals surface area contributed by atoms with Crippen LogP contribution in [0.4, 0.5) is 0 Å². The summed E-state index contributed by atoms with van der Waals surface area (Å²) in [5, 5.41) is 0. The molecule has 0 bridgehead atoms. The molecule has 2 nitrogen and oxygen atoms in total. The van der Waals surface area contributed by atoms with Gasteiger partial charge in [0.2, 0.25) is 0 Å².